The topological polar surface area (TPSA) is 25.4 Å². The summed E-state index contributed by atoms with van der Waals surface area (Å²) in [6, 6.07) is 9.06. The number of rotatable bonds is 8. The predicted octanol–water partition coefficient (Wildman–Crippen LogP) is 8.64. The first-order valence-corrected chi connectivity index (χ1v) is 19.6. The van der Waals surface area contributed by atoms with E-state index in [1.165, 1.54) is 96.0 Å². The monoisotopic (exact) mass is 662 g/mol. The molecule has 0 N–H and O–H groups in total. The summed E-state index contributed by atoms with van der Waals surface area (Å²) < 4.78 is 5.04. The summed E-state index contributed by atoms with van der Waals surface area (Å²) >= 11 is 0. The van der Waals surface area contributed by atoms with Crippen LogP contribution in [0.15, 0.2) is 24.3 Å². The highest BCUT2D eigenvalue weighted by molar-refractivity contribution is 5.47. The molecule has 6 heteroatoms. The molecule has 0 aliphatic carbocycles. The van der Waals surface area contributed by atoms with E-state index < -0.39 is 0 Å². The fraction of sp³-hybridized carbons (Fsp3) is 0.854. The molecule has 1 spiro atoms. The molecule has 278 valence electrons. The van der Waals surface area contributed by atoms with Crippen molar-refractivity contribution in [3.8, 4) is 0 Å². The number of aryl methyl sites for hydroxylation is 1. The van der Waals surface area contributed by atoms with Gasteiger partial charge in [0.1, 0.15) is 0 Å². The van der Waals surface area contributed by atoms with Crippen LogP contribution in [-0.2, 0) is 4.74 Å². The SMILES string of the molecule is CC.CC.CC.CC.COCCN1CC2(CN(C)C2)C1.Cc1ccc(N2CCC(C(C)(C)CC(C)(C)N3CCN(C)CC3)CC2)cc1. The molecule has 4 saturated heterocycles. The zero-order valence-electron chi connectivity index (χ0n) is 34.6. The lowest BCUT2D eigenvalue weighted by molar-refractivity contribution is -0.108. The highest BCUT2D eigenvalue weighted by Crippen LogP contribution is 2.43. The zero-order chi connectivity index (χ0) is 36.3. The van der Waals surface area contributed by atoms with Crippen molar-refractivity contribution in [3.63, 3.8) is 0 Å². The smallest absolute Gasteiger partial charge is 0.0589 e. The number of methoxy groups -OCH3 is 1. The molecular weight excluding hydrogens is 578 g/mol. The van der Waals surface area contributed by atoms with Crippen molar-refractivity contribution < 1.29 is 4.74 Å². The number of piperidine rings is 1. The van der Waals surface area contributed by atoms with Crippen LogP contribution in [0.2, 0.25) is 0 Å². The average Bonchev–Trinajstić information content (AvgIpc) is 3.06. The number of anilines is 1. The average molecular weight is 662 g/mol. The molecule has 0 radical (unpaired) electrons. The summed E-state index contributed by atoms with van der Waals surface area (Å²) in [7, 11) is 6.21. The molecule has 6 nitrogen and oxygen atoms in total. The summed E-state index contributed by atoms with van der Waals surface area (Å²) in [5.41, 5.74) is 4.11. The van der Waals surface area contributed by atoms with Crippen LogP contribution >= 0.6 is 0 Å². The van der Waals surface area contributed by atoms with Crippen LogP contribution in [0.25, 0.3) is 0 Å². The van der Waals surface area contributed by atoms with Crippen molar-refractivity contribution in [3.05, 3.63) is 29.8 Å². The lowest BCUT2D eigenvalue weighted by atomic mass is 9.67. The Hall–Kier alpha value is -1.18. The van der Waals surface area contributed by atoms with Crippen molar-refractivity contribution in [1.82, 2.24) is 19.6 Å². The van der Waals surface area contributed by atoms with E-state index in [4.69, 9.17) is 4.74 Å². The van der Waals surface area contributed by atoms with Gasteiger partial charge in [0.2, 0.25) is 0 Å². The summed E-state index contributed by atoms with van der Waals surface area (Å²) in [6.45, 7) is 42.6. The summed E-state index contributed by atoms with van der Waals surface area (Å²) in [5.74, 6) is 0.825. The number of ether oxygens (including phenoxy) is 1. The van der Waals surface area contributed by atoms with Crippen LogP contribution in [0.3, 0.4) is 0 Å². The second-order valence-electron chi connectivity index (χ2n) is 14.7. The Bertz CT molecular complexity index is 872. The van der Waals surface area contributed by atoms with Gasteiger partial charge in [-0.3, -0.25) is 9.80 Å². The number of likely N-dealkylation sites (tertiary alicyclic amines) is 2. The highest BCUT2D eigenvalue weighted by atomic mass is 16.5. The third kappa shape index (κ3) is 14.7. The summed E-state index contributed by atoms with van der Waals surface area (Å²) in [6.07, 6.45) is 3.93. The van der Waals surface area contributed by atoms with Crippen molar-refractivity contribution in [2.45, 2.75) is 115 Å². The molecule has 5 rings (SSSR count). The van der Waals surface area contributed by atoms with E-state index in [2.05, 4.69) is 97.5 Å². The fourth-order valence-corrected chi connectivity index (χ4v) is 8.04. The number of benzene rings is 1. The molecular formula is C41H83N5O. The molecule has 47 heavy (non-hydrogen) atoms. The zero-order valence-corrected chi connectivity index (χ0v) is 34.6. The Morgan fingerprint density at radius 3 is 1.64 bits per heavy atom. The van der Waals surface area contributed by atoms with Gasteiger partial charge in [-0.15, -0.1) is 0 Å². The van der Waals surface area contributed by atoms with Gasteiger partial charge in [0.15, 0.2) is 0 Å². The number of hydrogen-bond donors (Lipinski definition) is 0. The third-order valence-corrected chi connectivity index (χ3v) is 10.2. The first kappa shape index (κ1) is 45.8. The van der Waals surface area contributed by atoms with Crippen LogP contribution in [0.5, 0.6) is 0 Å². The van der Waals surface area contributed by atoms with E-state index in [1.807, 2.05) is 55.4 Å². The normalized spacial score (nSPS) is 20.2. The maximum Gasteiger partial charge on any atom is 0.0589 e. The van der Waals surface area contributed by atoms with Crippen LogP contribution in [0.1, 0.15) is 108 Å². The summed E-state index contributed by atoms with van der Waals surface area (Å²) in [4.78, 5) is 12.6. The predicted molar refractivity (Wildman–Crippen MR) is 211 cm³/mol. The van der Waals surface area contributed by atoms with Gasteiger partial charge in [0.05, 0.1) is 6.61 Å². The van der Waals surface area contributed by atoms with Crippen LogP contribution in [-0.4, -0.2) is 125 Å². The molecule has 4 aliphatic rings. The minimum absolute atomic E-state index is 0.291. The van der Waals surface area contributed by atoms with Crippen molar-refractivity contribution >= 4 is 5.69 Å². The maximum atomic E-state index is 5.04. The van der Waals surface area contributed by atoms with E-state index in [9.17, 15) is 0 Å². The number of piperazine rings is 1. The minimum atomic E-state index is 0.291. The minimum Gasteiger partial charge on any atom is -0.383 e. The van der Waals surface area contributed by atoms with Crippen LogP contribution in [0.4, 0.5) is 5.69 Å². The van der Waals surface area contributed by atoms with Crippen LogP contribution in [0, 0.1) is 23.7 Å². The Balaban J connectivity index is 0.000000879. The molecule has 0 saturated carbocycles. The van der Waals surface area contributed by atoms with E-state index in [-0.39, 0.29) is 0 Å². The molecule has 4 aliphatic heterocycles. The second kappa shape index (κ2) is 23.3. The molecule has 4 fully saturated rings. The number of nitrogens with zero attached hydrogens (tertiary/aromatic N) is 5. The van der Waals surface area contributed by atoms with Crippen LogP contribution < -0.4 is 4.90 Å². The van der Waals surface area contributed by atoms with Crippen molar-refractivity contribution in [2.75, 3.05) is 105 Å². The maximum absolute atomic E-state index is 5.04. The van der Waals surface area contributed by atoms with Gasteiger partial charge >= 0.3 is 0 Å². The Labute approximate surface area is 295 Å². The molecule has 0 atom stereocenters. The second-order valence-corrected chi connectivity index (χ2v) is 14.7. The number of likely N-dealkylation sites (N-methyl/N-ethyl adjacent to an activating group) is 1. The van der Waals surface area contributed by atoms with E-state index >= 15 is 0 Å². The highest BCUT2D eigenvalue weighted by Gasteiger charge is 2.49. The molecule has 0 unspecified atom stereocenters. The summed E-state index contributed by atoms with van der Waals surface area (Å²) in [5, 5.41) is 0. The Morgan fingerprint density at radius 1 is 0.702 bits per heavy atom. The molecule has 1 aromatic carbocycles. The molecule has 1 aromatic rings. The van der Waals surface area contributed by atoms with Gasteiger partial charge in [0, 0.05) is 95.7 Å². The van der Waals surface area contributed by atoms with E-state index in [0.717, 1.165) is 19.1 Å². The Kier molecular flexibility index (Phi) is 22.7. The van der Waals surface area contributed by atoms with Gasteiger partial charge in [-0.25, -0.2) is 0 Å². The Morgan fingerprint density at radius 2 is 1.19 bits per heavy atom. The van der Waals surface area contributed by atoms with Gasteiger partial charge in [-0.2, -0.15) is 0 Å². The largest absolute Gasteiger partial charge is 0.383 e. The molecule has 0 amide bonds. The fourth-order valence-electron chi connectivity index (χ4n) is 8.04. The lowest BCUT2D eigenvalue weighted by Crippen LogP contribution is -2.71. The third-order valence-electron chi connectivity index (χ3n) is 10.2. The van der Waals surface area contributed by atoms with Gasteiger partial charge < -0.3 is 19.4 Å². The molecule has 0 aromatic heterocycles. The molecule has 0 bridgehead atoms. The van der Waals surface area contributed by atoms with Gasteiger partial charge in [0.25, 0.3) is 0 Å². The molecule has 4 heterocycles. The quantitative estimate of drug-likeness (QED) is 0.277. The van der Waals surface area contributed by atoms with Gasteiger partial charge in [-0.05, 0) is 77.6 Å². The first-order chi connectivity index (χ1) is 22.4. The standard InChI is InChI=1S/C24H41N3.C9H18N2O.4C2H6/c1-20-7-9-22(10-8-20)26-13-11-21(12-14-26)23(2,3)19-24(4,5)27-17-15-25(6)16-18-27;1-10-5-9(6-10)7-11(8-9)3-4-12-2;4*1-2/h7-10,21H,11-19H2,1-6H3;3-8H2,1-2H3;4*1-2H3. The van der Waals surface area contributed by atoms with Gasteiger partial charge in [-0.1, -0.05) is 86.9 Å². The van der Waals surface area contributed by atoms with E-state index in [1.54, 1.807) is 7.11 Å². The van der Waals surface area contributed by atoms with E-state index in [0.29, 0.717) is 16.4 Å². The first-order valence-electron chi connectivity index (χ1n) is 19.6. The van der Waals surface area contributed by atoms with Crippen molar-refractivity contribution in [2.24, 2.45) is 16.7 Å². The number of hydrogen-bond acceptors (Lipinski definition) is 6. The van der Waals surface area contributed by atoms with Crippen molar-refractivity contribution in [1.29, 1.82) is 0 Å². The lowest BCUT2D eigenvalue weighted by Gasteiger charge is -2.59.